The molecule has 0 fully saturated rings. The summed E-state index contributed by atoms with van der Waals surface area (Å²) >= 11 is 3.78. The maximum Gasteiger partial charge on any atom is 0.135 e. The summed E-state index contributed by atoms with van der Waals surface area (Å²) in [4.78, 5) is 0. The number of thiophene rings is 2. The minimum absolute atomic E-state index is 0.992. The Labute approximate surface area is 301 Å². The highest BCUT2D eigenvalue weighted by Crippen LogP contribution is 2.48. The fourth-order valence-corrected chi connectivity index (χ4v) is 11.2. The van der Waals surface area contributed by atoms with Gasteiger partial charge >= 0.3 is 0 Å². The Morgan fingerprint density at radius 1 is 0.431 bits per heavy atom. The van der Waals surface area contributed by atoms with Gasteiger partial charge in [0.2, 0.25) is 0 Å². The lowest BCUT2D eigenvalue weighted by molar-refractivity contribution is 0.595. The summed E-state index contributed by atoms with van der Waals surface area (Å²) in [5.74, 6) is 1.02. The van der Waals surface area contributed by atoms with Crippen molar-refractivity contribution in [1.82, 2.24) is 0 Å². The first-order valence-corrected chi connectivity index (χ1v) is 19.3. The van der Waals surface area contributed by atoms with Crippen LogP contribution in [0.3, 0.4) is 0 Å². The molecule has 12 rings (SSSR count). The predicted octanol–water partition coefficient (Wildman–Crippen LogP) is 14.9. The molecule has 0 unspecified atom stereocenters. The van der Waals surface area contributed by atoms with E-state index in [1.165, 1.54) is 106 Å². The van der Waals surface area contributed by atoms with E-state index in [0.717, 1.165) is 24.2 Å². The molecule has 3 heterocycles. The van der Waals surface area contributed by atoms with Crippen molar-refractivity contribution >= 4 is 112 Å². The van der Waals surface area contributed by atoms with Crippen LogP contribution in [0.4, 0.5) is 0 Å². The Hall–Kier alpha value is -5.74. The first-order chi connectivity index (χ1) is 25.3. The molecule has 238 valence electrons. The molecule has 0 saturated carbocycles. The van der Waals surface area contributed by atoms with Crippen LogP contribution in [0.1, 0.15) is 17.7 Å². The maximum atomic E-state index is 6.30. The smallest absolute Gasteiger partial charge is 0.135 e. The zero-order chi connectivity index (χ0) is 33.2. The highest BCUT2D eigenvalue weighted by atomic mass is 32.1. The maximum absolute atomic E-state index is 6.30. The van der Waals surface area contributed by atoms with Crippen molar-refractivity contribution < 1.29 is 4.42 Å². The zero-order valence-corrected chi connectivity index (χ0v) is 29.1. The van der Waals surface area contributed by atoms with Crippen molar-refractivity contribution in [2.45, 2.75) is 12.8 Å². The van der Waals surface area contributed by atoms with E-state index in [2.05, 4.69) is 146 Å². The van der Waals surface area contributed by atoms with Gasteiger partial charge in [-0.2, -0.15) is 0 Å². The second-order valence-corrected chi connectivity index (χ2v) is 16.0. The first kappa shape index (κ1) is 28.0. The number of aryl methyl sites for hydroxylation is 1. The molecule has 0 spiro atoms. The summed E-state index contributed by atoms with van der Waals surface area (Å²) in [5, 5.41) is 14.4. The monoisotopic (exact) mass is 684 g/mol. The zero-order valence-electron chi connectivity index (χ0n) is 27.5. The minimum atomic E-state index is 0.992. The van der Waals surface area contributed by atoms with E-state index in [0.29, 0.717) is 0 Å². The summed E-state index contributed by atoms with van der Waals surface area (Å²) in [6.45, 7) is 0. The molecule has 8 aromatic carbocycles. The molecule has 0 amide bonds. The molecular formula is C48H28OS2. The number of fused-ring (bicyclic) bond motifs is 14. The lowest BCUT2D eigenvalue weighted by Crippen LogP contribution is -1.90. The highest BCUT2D eigenvalue weighted by Gasteiger charge is 2.21. The standard InChI is InChI=1S/C48H28OS2/c1-3-12-32-30(10-1)45(27-18-23-42-38(25-27)29-9-6-8-16-41(29)50-42)31-11-2-4-13-33(31)46(32)28-17-19-37-44(26-28)51-43-24-21-34-35(48(37)43)20-22-40-47(34)36-14-5-7-15-39(36)49-40/h1-4,6-13,15-26H,5,14H2. The predicted molar refractivity (Wildman–Crippen MR) is 223 cm³/mol. The Bertz CT molecular complexity index is 3260. The average Bonchev–Trinajstić information content (AvgIpc) is 3.87. The third kappa shape index (κ3) is 3.91. The molecule has 11 aromatic rings. The third-order valence-electron chi connectivity index (χ3n) is 11.1. The number of allylic oxidation sites excluding steroid dienone is 1. The molecule has 0 atom stereocenters. The van der Waals surface area contributed by atoms with Crippen LogP contribution in [-0.2, 0) is 6.42 Å². The lowest BCUT2D eigenvalue weighted by atomic mass is 9.85. The SMILES string of the molecule is C1=Cc2oc3ccc4c(ccc5sc6cc(-c7c8ccccc8c(-c8ccc9sc%10ccccc%10c9c8)c8ccccc78)ccc6c54)c3c2CC1. The number of hydrogen-bond donors (Lipinski definition) is 0. The van der Waals surface area contributed by atoms with E-state index in [4.69, 9.17) is 4.42 Å². The molecule has 3 heteroatoms. The summed E-state index contributed by atoms with van der Waals surface area (Å²) < 4.78 is 11.6. The van der Waals surface area contributed by atoms with Crippen LogP contribution in [0.15, 0.2) is 144 Å². The van der Waals surface area contributed by atoms with Gasteiger partial charge in [-0.25, -0.2) is 0 Å². The summed E-state index contributed by atoms with van der Waals surface area (Å²) in [5.41, 5.74) is 7.47. The van der Waals surface area contributed by atoms with E-state index in [9.17, 15) is 0 Å². The van der Waals surface area contributed by atoms with Gasteiger partial charge in [-0.1, -0.05) is 97.1 Å². The van der Waals surface area contributed by atoms with Gasteiger partial charge in [0.15, 0.2) is 0 Å². The van der Waals surface area contributed by atoms with Crippen LogP contribution in [-0.4, -0.2) is 0 Å². The summed E-state index contributed by atoms with van der Waals surface area (Å²) in [6, 6.07) is 50.1. The number of hydrogen-bond acceptors (Lipinski definition) is 3. The normalized spacial score (nSPS) is 13.3. The van der Waals surface area contributed by atoms with E-state index in [-0.39, 0.29) is 0 Å². The van der Waals surface area contributed by atoms with E-state index in [1.54, 1.807) is 0 Å². The van der Waals surface area contributed by atoms with Crippen LogP contribution in [0.25, 0.3) is 112 Å². The molecule has 0 aliphatic heterocycles. The summed E-state index contributed by atoms with van der Waals surface area (Å²) in [7, 11) is 0. The molecule has 1 aliphatic rings. The molecule has 3 aromatic heterocycles. The van der Waals surface area contributed by atoms with Crippen molar-refractivity contribution in [1.29, 1.82) is 0 Å². The molecule has 0 saturated heterocycles. The van der Waals surface area contributed by atoms with E-state index >= 15 is 0 Å². The Morgan fingerprint density at radius 2 is 1.02 bits per heavy atom. The van der Waals surface area contributed by atoms with E-state index < -0.39 is 0 Å². The Kier molecular flexibility index (Phi) is 5.71. The van der Waals surface area contributed by atoms with Gasteiger partial charge < -0.3 is 4.42 Å². The van der Waals surface area contributed by atoms with Gasteiger partial charge in [0, 0.05) is 51.3 Å². The van der Waals surface area contributed by atoms with Crippen molar-refractivity contribution in [3.8, 4) is 22.3 Å². The lowest BCUT2D eigenvalue weighted by Gasteiger charge is -2.18. The Balaban J connectivity index is 1.10. The van der Waals surface area contributed by atoms with Crippen molar-refractivity contribution in [3.63, 3.8) is 0 Å². The molecule has 0 N–H and O–H groups in total. The largest absolute Gasteiger partial charge is 0.456 e. The molecule has 1 nitrogen and oxygen atoms in total. The fraction of sp³-hybridized carbons (Fsp3) is 0.0417. The van der Waals surface area contributed by atoms with Crippen LogP contribution >= 0.6 is 22.7 Å². The average molecular weight is 685 g/mol. The van der Waals surface area contributed by atoms with Gasteiger partial charge in [0.1, 0.15) is 11.3 Å². The number of rotatable bonds is 2. The molecule has 0 bridgehead atoms. The molecule has 0 radical (unpaired) electrons. The van der Waals surface area contributed by atoms with Crippen LogP contribution in [0.2, 0.25) is 0 Å². The van der Waals surface area contributed by atoms with Crippen molar-refractivity contribution in [2.75, 3.05) is 0 Å². The van der Waals surface area contributed by atoms with Crippen LogP contribution < -0.4 is 0 Å². The van der Waals surface area contributed by atoms with E-state index in [1.807, 2.05) is 22.7 Å². The quantitative estimate of drug-likeness (QED) is 0.165. The molecule has 51 heavy (non-hydrogen) atoms. The van der Waals surface area contributed by atoms with Gasteiger partial charge in [0.25, 0.3) is 0 Å². The summed E-state index contributed by atoms with van der Waals surface area (Å²) in [6.07, 6.45) is 6.47. The van der Waals surface area contributed by atoms with Gasteiger partial charge in [-0.3, -0.25) is 0 Å². The van der Waals surface area contributed by atoms with Crippen LogP contribution in [0.5, 0.6) is 0 Å². The number of benzene rings is 8. The molecule has 1 aliphatic carbocycles. The van der Waals surface area contributed by atoms with Crippen molar-refractivity contribution in [2.24, 2.45) is 0 Å². The first-order valence-electron chi connectivity index (χ1n) is 17.6. The molecular weight excluding hydrogens is 657 g/mol. The van der Waals surface area contributed by atoms with Crippen molar-refractivity contribution in [3.05, 3.63) is 151 Å². The fourth-order valence-electron chi connectivity index (χ4n) is 8.95. The van der Waals surface area contributed by atoms with Crippen LogP contribution in [0, 0.1) is 0 Å². The number of furan rings is 1. The second-order valence-electron chi connectivity index (χ2n) is 13.8. The van der Waals surface area contributed by atoms with Gasteiger partial charge in [-0.15, -0.1) is 22.7 Å². The highest BCUT2D eigenvalue weighted by molar-refractivity contribution is 7.26. The Morgan fingerprint density at radius 3 is 1.80 bits per heavy atom. The van der Waals surface area contributed by atoms with Gasteiger partial charge in [-0.05, 0) is 116 Å². The van der Waals surface area contributed by atoms with Gasteiger partial charge in [0.05, 0.1) is 0 Å². The second kappa shape index (κ2) is 10.4. The topological polar surface area (TPSA) is 13.1 Å². The minimum Gasteiger partial charge on any atom is -0.456 e. The third-order valence-corrected chi connectivity index (χ3v) is 13.4.